The van der Waals surface area contributed by atoms with Crippen LogP contribution >= 0.6 is 0 Å². The first-order chi connectivity index (χ1) is 4.88. The van der Waals surface area contributed by atoms with E-state index in [9.17, 15) is 0 Å². The molecule has 0 aromatic carbocycles. The first-order valence-electron chi connectivity index (χ1n) is 3.06. The maximum atomic E-state index is 8.67. The molecule has 0 radical (unpaired) electrons. The normalized spacial score (nSPS) is 10.2. The molecule has 0 spiro atoms. The van der Waals surface area contributed by atoms with Crippen molar-refractivity contribution in [1.82, 2.24) is 14.8 Å². The highest BCUT2D eigenvalue weighted by Crippen LogP contribution is 1.92. The van der Waals surface area contributed by atoms with Crippen molar-refractivity contribution < 1.29 is 5.11 Å². The van der Waals surface area contributed by atoms with Gasteiger partial charge in [-0.2, -0.15) is 0 Å². The lowest BCUT2D eigenvalue weighted by atomic mass is 10.5. The largest absolute Gasteiger partial charge is 0.388 e. The van der Waals surface area contributed by atoms with Crippen molar-refractivity contribution in [3.05, 3.63) is 12.2 Å². The molecular weight excluding hydrogens is 132 g/mol. The highest BCUT2D eigenvalue weighted by molar-refractivity contribution is 4.81. The molecule has 1 aromatic rings. The fraction of sp³-hybridized carbons (Fsp3) is 0.600. The summed E-state index contributed by atoms with van der Waals surface area (Å²) < 4.78 is 1.72. The molecule has 5 nitrogen and oxygen atoms in total. The number of nitrogens with zero attached hydrogens (tertiary/aromatic N) is 3. The van der Waals surface area contributed by atoms with Crippen LogP contribution in [0.2, 0.25) is 0 Å². The van der Waals surface area contributed by atoms with Crippen molar-refractivity contribution in [2.24, 2.45) is 5.73 Å². The molecule has 3 N–H and O–H groups in total. The number of aliphatic hydroxyl groups excluding tert-OH is 1. The van der Waals surface area contributed by atoms with Gasteiger partial charge in [0.2, 0.25) is 0 Å². The SMILES string of the molecule is NCCn1cnnc1CO. The summed E-state index contributed by atoms with van der Waals surface area (Å²) in [7, 11) is 0. The molecule has 10 heavy (non-hydrogen) atoms. The van der Waals surface area contributed by atoms with E-state index < -0.39 is 0 Å². The van der Waals surface area contributed by atoms with Crippen LogP contribution in [0.4, 0.5) is 0 Å². The lowest BCUT2D eigenvalue weighted by Gasteiger charge is -1.99. The molecule has 0 fully saturated rings. The predicted octanol–water partition coefficient (Wildman–Crippen LogP) is -1.27. The minimum absolute atomic E-state index is 0.0833. The van der Waals surface area contributed by atoms with Crippen molar-refractivity contribution in [1.29, 1.82) is 0 Å². The van der Waals surface area contributed by atoms with Crippen molar-refractivity contribution in [3.63, 3.8) is 0 Å². The van der Waals surface area contributed by atoms with Crippen molar-refractivity contribution in [2.45, 2.75) is 13.2 Å². The first kappa shape index (κ1) is 7.17. The first-order valence-corrected chi connectivity index (χ1v) is 3.06. The third-order valence-corrected chi connectivity index (χ3v) is 1.21. The van der Waals surface area contributed by atoms with Crippen LogP contribution in [0, 0.1) is 0 Å². The lowest BCUT2D eigenvalue weighted by Crippen LogP contribution is -2.11. The molecule has 0 aliphatic rings. The zero-order valence-corrected chi connectivity index (χ0v) is 5.56. The van der Waals surface area contributed by atoms with E-state index in [1.807, 2.05) is 0 Å². The Hall–Kier alpha value is -0.940. The molecule has 0 aliphatic heterocycles. The Morgan fingerprint density at radius 1 is 1.70 bits per heavy atom. The van der Waals surface area contributed by atoms with E-state index in [-0.39, 0.29) is 6.61 Å². The molecule has 56 valence electrons. The fourth-order valence-corrected chi connectivity index (χ4v) is 0.727. The molecule has 0 unspecified atom stereocenters. The Labute approximate surface area is 58.5 Å². The summed E-state index contributed by atoms with van der Waals surface area (Å²) in [6.45, 7) is 1.11. The molecule has 0 bridgehead atoms. The van der Waals surface area contributed by atoms with Crippen LogP contribution in [0.5, 0.6) is 0 Å². The molecule has 1 heterocycles. The predicted molar refractivity (Wildman–Crippen MR) is 35.0 cm³/mol. The highest BCUT2D eigenvalue weighted by atomic mass is 16.3. The van der Waals surface area contributed by atoms with E-state index in [0.29, 0.717) is 18.9 Å². The fourth-order valence-electron chi connectivity index (χ4n) is 0.727. The Kier molecular flexibility index (Phi) is 2.35. The summed E-state index contributed by atoms with van der Waals surface area (Å²) in [5, 5.41) is 15.9. The minimum atomic E-state index is -0.0833. The Morgan fingerprint density at radius 3 is 3.10 bits per heavy atom. The van der Waals surface area contributed by atoms with Crippen LogP contribution in [0.1, 0.15) is 5.82 Å². The molecule has 5 heteroatoms. The second-order valence-electron chi connectivity index (χ2n) is 1.89. The van der Waals surface area contributed by atoms with E-state index in [0.717, 1.165) is 0 Å². The third-order valence-electron chi connectivity index (χ3n) is 1.21. The van der Waals surface area contributed by atoms with Crippen LogP contribution in [0.3, 0.4) is 0 Å². The summed E-state index contributed by atoms with van der Waals surface area (Å²) in [4.78, 5) is 0. The van der Waals surface area contributed by atoms with Crippen LogP contribution in [-0.4, -0.2) is 26.4 Å². The van der Waals surface area contributed by atoms with Gasteiger partial charge in [-0.15, -0.1) is 10.2 Å². The number of aliphatic hydroxyl groups is 1. The van der Waals surface area contributed by atoms with Gasteiger partial charge in [-0.1, -0.05) is 0 Å². The van der Waals surface area contributed by atoms with E-state index >= 15 is 0 Å². The van der Waals surface area contributed by atoms with Gasteiger partial charge in [0.25, 0.3) is 0 Å². The molecule has 0 atom stereocenters. The number of aromatic nitrogens is 3. The van der Waals surface area contributed by atoms with Gasteiger partial charge in [0.05, 0.1) is 0 Å². The average molecular weight is 142 g/mol. The zero-order valence-electron chi connectivity index (χ0n) is 5.56. The van der Waals surface area contributed by atoms with Crippen molar-refractivity contribution in [2.75, 3.05) is 6.54 Å². The molecule has 0 amide bonds. The maximum absolute atomic E-state index is 8.67. The maximum Gasteiger partial charge on any atom is 0.158 e. The average Bonchev–Trinajstić information content (AvgIpc) is 2.36. The molecule has 0 aliphatic carbocycles. The second kappa shape index (κ2) is 3.28. The second-order valence-corrected chi connectivity index (χ2v) is 1.89. The smallest absolute Gasteiger partial charge is 0.158 e. The van der Waals surface area contributed by atoms with Crippen LogP contribution < -0.4 is 5.73 Å². The minimum Gasteiger partial charge on any atom is -0.388 e. The monoisotopic (exact) mass is 142 g/mol. The van der Waals surface area contributed by atoms with E-state index in [1.165, 1.54) is 0 Å². The standard InChI is InChI=1S/C5H10N4O/c6-1-2-9-4-7-8-5(9)3-10/h4,10H,1-3,6H2. The lowest BCUT2D eigenvalue weighted by molar-refractivity contribution is 0.265. The van der Waals surface area contributed by atoms with E-state index in [1.54, 1.807) is 10.9 Å². The van der Waals surface area contributed by atoms with Gasteiger partial charge in [0.1, 0.15) is 12.9 Å². The van der Waals surface area contributed by atoms with Gasteiger partial charge in [-0.25, -0.2) is 0 Å². The highest BCUT2D eigenvalue weighted by Gasteiger charge is 1.98. The van der Waals surface area contributed by atoms with Crippen LogP contribution in [0.15, 0.2) is 6.33 Å². The molecule has 0 saturated carbocycles. The summed E-state index contributed by atoms with van der Waals surface area (Å²) in [6, 6.07) is 0. The summed E-state index contributed by atoms with van der Waals surface area (Å²) in [5.74, 6) is 0.561. The van der Waals surface area contributed by atoms with Crippen molar-refractivity contribution in [3.8, 4) is 0 Å². The van der Waals surface area contributed by atoms with Crippen LogP contribution in [0.25, 0.3) is 0 Å². The van der Waals surface area contributed by atoms with Crippen molar-refractivity contribution >= 4 is 0 Å². The van der Waals surface area contributed by atoms with E-state index in [2.05, 4.69) is 10.2 Å². The number of hydrogen-bond acceptors (Lipinski definition) is 4. The van der Waals surface area contributed by atoms with Crippen LogP contribution in [-0.2, 0) is 13.2 Å². The topological polar surface area (TPSA) is 77.0 Å². The summed E-state index contributed by atoms with van der Waals surface area (Å²) in [5.41, 5.74) is 5.29. The van der Waals surface area contributed by atoms with Gasteiger partial charge in [-0.3, -0.25) is 0 Å². The number of rotatable bonds is 3. The Bertz CT molecular complexity index is 197. The number of hydrogen-bond donors (Lipinski definition) is 2. The quantitative estimate of drug-likeness (QED) is 0.551. The molecule has 1 aromatic heterocycles. The van der Waals surface area contributed by atoms with Gasteiger partial charge >= 0.3 is 0 Å². The number of nitrogens with two attached hydrogens (primary N) is 1. The molecule has 1 rings (SSSR count). The zero-order chi connectivity index (χ0) is 7.40. The summed E-state index contributed by atoms with van der Waals surface area (Å²) in [6.07, 6.45) is 1.55. The van der Waals surface area contributed by atoms with Gasteiger partial charge in [-0.05, 0) is 0 Å². The van der Waals surface area contributed by atoms with Gasteiger partial charge < -0.3 is 15.4 Å². The third kappa shape index (κ3) is 1.31. The Morgan fingerprint density at radius 2 is 2.50 bits per heavy atom. The van der Waals surface area contributed by atoms with E-state index in [4.69, 9.17) is 10.8 Å². The van der Waals surface area contributed by atoms with Gasteiger partial charge in [0.15, 0.2) is 5.82 Å². The van der Waals surface area contributed by atoms with Gasteiger partial charge in [0, 0.05) is 13.1 Å². The molecular formula is C5H10N4O. The summed E-state index contributed by atoms with van der Waals surface area (Å²) >= 11 is 0. The Balaban J connectivity index is 2.70. The molecule has 0 saturated heterocycles.